The van der Waals surface area contributed by atoms with Crippen LogP contribution >= 0.6 is 7.82 Å². The number of allylic oxidation sites excluding steroid dienone is 8. The van der Waals surface area contributed by atoms with Crippen LogP contribution in [0, 0.1) is 0 Å². The largest absolute Gasteiger partial charge is 0.472 e. The summed E-state index contributed by atoms with van der Waals surface area (Å²) in [5.74, 6) is -0.280. The lowest BCUT2D eigenvalue weighted by Crippen LogP contribution is -2.51. The van der Waals surface area contributed by atoms with Crippen molar-refractivity contribution < 1.29 is 38.0 Å². The summed E-state index contributed by atoms with van der Waals surface area (Å²) in [6, 6.07) is -1.06. The van der Waals surface area contributed by atoms with Gasteiger partial charge in [0.15, 0.2) is 0 Å². The number of unbranched alkanes of at least 4 members (excludes halogenated alkanes) is 17. The highest BCUT2D eigenvalue weighted by Gasteiger charge is 2.31. The van der Waals surface area contributed by atoms with Gasteiger partial charge in [-0.15, -0.1) is 0 Å². The summed E-state index contributed by atoms with van der Waals surface area (Å²) >= 11 is 0. The summed E-state index contributed by atoms with van der Waals surface area (Å²) in [6.07, 6.45) is 41.7. The maximum absolute atomic E-state index is 12.9. The molecule has 0 aromatic rings. The van der Waals surface area contributed by atoms with E-state index in [0.717, 1.165) is 57.8 Å². The molecule has 0 rings (SSSR count). The van der Waals surface area contributed by atoms with Gasteiger partial charge in [0, 0.05) is 6.42 Å². The number of aliphatic hydroxyl groups is 2. The van der Waals surface area contributed by atoms with E-state index in [0.29, 0.717) is 30.3 Å². The van der Waals surface area contributed by atoms with E-state index in [1.807, 2.05) is 21.1 Å². The summed E-state index contributed by atoms with van der Waals surface area (Å²) in [4.78, 5) is 23.1. The third-order valence-electron chi connectivity index (χ3n) is 9.62. The van der Waals surface area contributed by atoms with Gasteiger partial charge in [-0.3, -0.25) is 13.8 Å². The fraction of sp³-hybridized carbons (Fsp3) is 0.800. The van der Waals surface area contributed by atoms with Crippen molar-refractivity contribution in [1.29, 1.82) is 0 Å². The summed E-state index contributed by atoms with van der Waals surface area (Å²) in [7, 11) is 1.40. The molecule has 55 heavy (non-hydrogen) atoms. The zero-order valence-corrected chi connectivity index (χ0v) is 36.9. The highest BCUT2D eigenvalue weighted by molar-refractivity contribution is 7.47. The van der Waals surface area contributed by atoms with Crippen LogP contribution in [0.1, 0.15) is 174 Å². The first-order chi connectivity index (χ1) is 26.4. The lowest BCUT2D eigenvalue weighted by Gasteiger charge is -2.28. The average Bonchev–Trinajstić information content (AvgIpc) is 3.13. The molecule has 322 valence electrons. The smallest absolute Gasteiger partial charge is 0.390 e. The van der Waals surface area contributed by atoms with E-state index in [1.54, 1.807) is 0 Å². The fourth-order valence-electron chi connectivity index (χ4n) is 6.01. The van der Waals surface area contributed by atoms with Crippen molar-refractivity contribution in [2.45, 2.75) is 193 Å². The van der Waals surface area contributed by atoms with Crippen LogP contribution in [0.4, 0.5) is 0 Å². The number of hydrogen-bond donors (Lipinski definition) is 4. The molecule has 0 aliphatic rings. The molecule has 0 spiro atoms. The standard InChI is InChI=1S/C45H85N2O7P/c1-6-8-10-12-14-16-18-20-21-22-23-24-25-26-28-30-32-34-36-38-44(49)46-42(41-54-55(51,52)53-40-39-47(3,4)5)45(50)43(48)37-35-33-31-29-27-19-17-15-13-11-9-7-2/h14-17,20-21,29,31,42-43,45,48,50H,6-13,18-19,22-28,30,32-41H2,1-5H3,(H-,46,49,51,52)/p+1/b16-14-,17-15+,21-20-,31-29+. The van der Waals surface area contributed by atoms with Gasteiger partial charge in [-0.1, -0.05) is 133 Å². The number of phosphoric ester groups is 1. The van der Waals surface area contributed by atoms with Crippen LogP contribution in [-0.4, -0.2) is 84.6 Å². The minimum atomic E-state index is -4.43. The molecule has 0 saturated carbocycles. The number of hydrogen-bond acceptors (Lipinski definition) is 6. The minimum Gasteiger partial charge on any atom is -0.390 e. The van der Waals surface area contributed by atoms with Crippen LogP contribution < -0.4 is 5.32 Å². The number of likely N-dealkylation sites (N-methyl/N-ethyl adjacent to an activating group) is 1. The number of quaternary nitrogens is 1. The van der Waals surface area contributed by atoms with E-state index in [9.17, 15) is 24.5 Å². The molecular formula is C45H86N2O7P+. The molecule has 0 heterocycles. The molecule has 0 aliphatic heterocycles. The molecule has 0 saturated heterocycles. The second kappa shape index (κ2) is 36.7. The lowest BCUT2D eigenvalue weighted by molar-refractivity contribution is -0.870. The van der Waals surface area contributed by atoms with Gasteiger partial charge in [-0.05, 0) is 83.5 Å². The van der Waals surface area contributed by atoms with Gasteiger partial charge in [0.1, 0.15) is 19.3 Å². The van der Waals surface area contributed by atoms with Crippen LogP contribution in [0.3, 0.4) is 0 Å². The van der Waals surface area contributed by atoms with E-state index in [4.69, 9.17) is 9.05 Å². The first kappa shape index (κ1) is 53.4. The van der Waals surface area contributed by atoms with Crippen LogP contribution in [0.2, 0.25) is 0 Å². The van der Waals surface area contributed by atoms with E-state index >= 15 is 0 Å². The van der Waals surface area contributed by atoms with Crippen LogP contribution in [0.5, 0.6) is 0 Å². The molecule has 0 aromatic heterocycles. The molecule has 0 fully saturated rings. The van der Waals surface area contributed by atoms with Crippen molar-refractivity contribution >= 4 is 13.7 Å². The van der Waals surface area contributed by atoms with Crippen molar-refractivity contribution in [3.63, 3.8) is 0 Å². The predicted molar refractivity (Wildman–Crippen MR) is 232 cm³/mol. The maximum Gasteiger partial charge on any atom is 0.472 e. The minimum absolute atomic E-state index is 0.0113. The Balaban J connectivity index is 4.53. The van der Waals surface area contributed by atoms with E-state index in [-0.39, 0.29) is 18.9 Å². The quantitative estimate of drug-likeness (QED) is 0.0211. The van der Waals surface area contributed by atoms with E-state index < -0.39 is 32.7 Å². The number of nitrogens with zero attached hydrogens (tertiary/aromatic N) is 1. The topological polar surface area (TPSA) is 125 Å². The molecule has 9 nitrogen and oxygen atoms in total. The predicted octanol–water partition coefficient (Wildman–Crippen LogP) is 11.0. The van der Waals surface area contributed by atoms with Crippen LogP contribution in [0.25, 0.3) is 0 Å². The third-order valence-corrected chi connectivity index (χ3v) is 10.6. The Bertz CT molecular complexity index is 1060. The van der Waals surface area contributed by atoms with Gasteiger partial charge in [0.05, 0.1) is 39.9 Å². The van der Waals surface area contributed by atoms with Gasteiger partial charge in [-0.2, -0.15) is 0 Å². The molecule has 0 aliphatic carbocycles. The van der Waals surface area contributed by atoms with Gasteiger partial charge >= 0.3 is 7.82 Å². The number of amides is 1. The molecule has 0 aromatic carbocycles. The number of nitrogens with one attached hydrogen (secondary N) is 1. The van der Waals surface area contributed by atoms with Gasteiger partial charge < -0.3 is 24.9 Å². The monoisotopic (exact) mass is 798 g/mol. The molecule has 0 radical (unpaired) electrons. The second-order valence-corrected chi connectivity index (χ2v) is 17.6. The van der Waals surface area contributed by atoms with Crippen molar-refractivity contribution in [3.05, 3.63) is 48.6 Å². The van der Waals surface area contributed by atoms with Crippen molar-refractivity contribution in [2.24, 2.45) is 0 Å². The summed E-state index contributed by atoms with van der Waals surface area (Å²) < 4.78 is 23.5. The Labute approximate surface area is 338 Å². The highest BCUT2D eigenvalue weighted by atomic mass is 31.2. The van der Waals surface area contributed by atoms with Gasteiger partial charge in [-0.25, -0.2) is 4.57 Å². The first-order valence-electron chi connectivity index (χ1n) is 22.1. The third kappa shape index (κ3) is 37.7. The molecule has 10 heteroatoms. The van der Waals surface area contributed by atoms with Gasteiger partial charge in [0.2, 0.25) is 5.91 Å². The Morgan fingerprint density at radius 2 is 1.09 bits per heavy atom. The highest BCUT2D eigenvalue weighted by Crippen LogP contribution is 2.43. The number of rotatable bonds is 39. The normalized spacial score (nSPS) is 15.4. The Morgan fingerprint density at radius 3 is 1.62 bits per heavy atom. The van der Waals surface area contributed by atoms with Crippen molar-refractivity contribution in [2.75, 3.05) is 40.9 Å². The van der Waals surface area contributed by atoms with Crippen LogP contribution in [0.15, 0.2) is 48.6 Å². The molecule has 4 N–H and O–H groups in total. The molecular weight excluding hydrogens is 711 g/mol. The van der Waals surface area contributed by atoms with Gasteiger partial charge in [0.25, 0.3) is 0 Å². The number of aliphatic hydroxyl groups excluding tert-OH is 2. The Morgan fingerprint density at radius 1 is 0.636 bits per heavy atom. The Hall–Kier alpha value is -1.58. The summed E-state index contributed by atoms with van der Waals surface area (Å²) in [5, 5.41) is 24.6. The summed E-state index contributed by atoms with van der Waals surface area (Å²) in [6.45, 7) is 4.50. The van der Waals surface area contributed by atoms with Crippen LogP contribution in [-0.2, 0) is 18.4 Å². The second-order valence-electron chi connectivity index (χ2n) is 16.2. The fourth-order valence-corrected chi connectivity index (χ4v) is 6.75. The zero-order valence-electron chi connectivity index (χ0n) is 36.0. The molecule has 0 bridgehead atoms. The first-order valence-corrected chi connectivity index (χ1v) is 23.6. The van der Waals surface area contributed by atoms with Crippen molar-refractivity contribution in [1.82, 2.24) is 5.32 Å². The SMILES string of the molecule is CCCCC/C=C\C/C=C\CCCCCCCCCCCC(=O)NC(COP(=O)(O)OCC[N+](C)(C)C)C(O)C(O)CCC/C=C/CC/C=C/CCCCC. The Kier molecular flexibility index (Phi) is 35.7. The average molecular weight is 798 g/mol. The molecule has 1 amide bonds. The van der Waals surface area contributed by atoms with E-state index in [2.05, 4.69) is 67.8 Å². The van der Waals surface area contributed by atoms with E-state index in [1.165, 1.54) is 77.0 Å². The summed E-state index contributed by atoms with van der Waals surface area (Å²) in [5.41, 5.74) is 0. The van der Waals surface area contributed by atoms with Crippen molar-refractivity contribution in [3.8, 4) is 0 Å². The molecule has 4 atom stereocenters. The number of carbonyl (C=O) groups is 1. The molecule has 4 unspecified atom stereocenters. The zero-order chi connectivity index (χ0) is 40.9. The number of carbonyl (C=O) groups excluding carboxylic acids is 1. The lowest BCUT2D eigenvalue weighted by atomic mass is 10.0. The number of phosphoric acid groups is 1. The maximum atomic E-state index is 12.9.